The van der Waals surface area contributed by atoms with E-state index >= 15 is 0 Å². The summed E-state index contributed by atoms with van der Waals surface area (Å²) in [7, 11) is 0. The molecule has 124 valence electrons. The number of carbonyl (C=O) groups is 1. The van der Waals surface area contributed by atoms with E-state index in [1.165, 1.54) is 0 Å². The topological polar surface area (TPSA) is 38.7 Å². The molecule has 0 aliphatic carbocycles. The van der Waals surface area contributed by atoms with Gasteiger partial charge >= 0.3 is 5.97 Å². The molecular formula is C19H17F2NO2. The molecule has 0 aromatic heterocycles. The van der Waals surface area contributed by atoms with Crippen molar-refractivity contribution in [1.82, 2.24) is 0 Å². The van der Waals surface area contributed by atoms with Gasteiger partial charge in [-0.25, -0.2) is 13.6 Å². The fourth-order valence-corrected chi connectivity index (χ4v) is 2.74. The summed E-state index contributed by atoms with van der Waals surface area (Å²) < 4.78 is 32.4. The lowest BCUT2D eigenvalue weighted by molar-refractivity contribution is -0.157. The zero-order valence-electron chi connectivity index (χ0n) is 13.0. The average molecular weight is 329 g/mol. The largest absolute Gasteiger partial charge is 0.459 e. The summed E-state index contributed by atoms with van der Waals surface area (Å²) in [6.07, 6.45) is -2.61. The van der Waals surface area contributed by atoms with E-state index in [9.17, 15) is 13.6 Å². The Bertz CT molecular complexity index is 732. The fourth-order valence-electron chi connectivity index (χ4n) is 2.74. The Morgan fingerprint density at radius 3 is 2.33 bits per heavy atom. The molecule has 0 radical (unpaired) electrons. The molecule has 24 heavy (non-hydrogen) atoms. The lowest BCUT2D eigenvalue weighted by Gasteiger charge is -2.22. The summed E-state index contributed by atoms with van der Waals surface area (Å²) >= 11 is 0. The molecule has 3 nitrogen and oxygen atoms in total. The number of rotatable bonds is 5. The van der Waals surface area contributed by atoms with Crippen LogP contribution in [0.2, 0.25) is 0 Å². The molecule has 3 rings (SSSR count). The number of esters is 1. The number of ether oxygens (including phenoxy) is 1. The number of benzene rings is 2. The third-order valence-corrected chi connectivity index (χ3v) is 4.11. The highest BCUT2D eigenvalue weighted by molar-refractivity contribution is 6.04. The summed E-state index contributed by atoms with van der Waals surface area (Å²) in [5.74, 6) is -0.965. The predicted molar refractivity (Wildman–Crippen MR) is 87.2 cm³/mol. The van der Waals surface area contributed by atoms with E-state index in [1.54, 1.807) is 36.4 Å². The van der Waals surface area contributed by atoms with Crippen molar-refractivity contribution in [3.05, 3.63) is 71.8 Å². The maximum Gasteiger partial charge on any atom is 0.340 e. The molecule has 2 aromatic rings. The molecule has 1 aliphatic heterocycles. The van der Waals surface area contributed by atoms with Gasteiger partial charge < -0.3 is 4.74 Å². The molecule has 1 aliphatic rings. The lowest BCUT2D eigenvalue weighted by atomic mass is 9.97. The molecule has 0 N–H and O–H groups in total. The van der Waals surface area contributed by atoms with Crippen molar-refractivity contribution in [2.24, 2.45) is 4.99 Å². The minimum atomic E-state index is -2.90. The maximum atomic E-state index is 13.7. The van der Waals surface area contributed by atoms with Gasteiger partial charge in [-0.3, -0.25) is 4.99 Å². The number of halogens is 2. The van der Waals surface area contributed by atoms with Crippen molar-refractivity contribution in [2.45, 2.75) is 31.4 Å². The summed E-state index contributed by atoms with van der Waals surface area (Å²) in [4.78, 5) is 16.4. The van der Waals surface area contributed by atoms with Crippen molar-refractivity contribution in [3.8, 4) is 0 Å². The molecule has 0 saturated heterocycles. The first-order valence-corrected chi connectivity index (χ1v) is 7.75. The van der Waals surface area contributed by atoms with Gasteiger partial charge in [0.05, 0.1) is 0 Å². The first-order chi connectivity index (χ1) is 11.6. The number of aliphatic imine (C=N–C) groups is 1. The van der Waals surface area contributed by atoms with Gasteiger partial charge in [-0.2, -0.15) is 0 Å². The summed E-state index contributed by atoms with van der Waals surface area (Å²) in [6.45, 7) is -0.0374. The molecule has 1 heterocycles. The van der Waals surface area contributed by atoms with Crippen LogP contribution in [0.5, 0.6) is 0 Å². The second-order valence-electron chi connectivity index (χ2n) is 5.71. The second kappa shape index (κ2) is 6.91. The van der Waals surface area contributed by atoms with E-state index in [2.05, 4.69) is 4.99 Å². The Morgan fingerprint density at radius 2 is 1.71 bits per heavy atom. The van der Waals surface area contributed by atoms with Crippen molar-refractivity contribution < 1.29 is 18.3 Å². The SMILES string of the molecule is O=C(OCc1ccccc1)C1(C(F)F)CCC(c2ccccc2)=N1. The van der Waals surface area contributed by atoms with E-state index in [-0.39, 0.29) is 13.0 Å². The van der Waals surface area contributed by atoms with Crippen LogP contribution in [0.4, 0.5) is 8.78 Å². The average Bonchev–Trinajstić information content (AvgIpc) is 3.08. The molecule has 0 fully saturated rings. The maximum absolute atomic E-state index is 13.7. The molecule has 2 aromatic carbocycles. The standard InChI is InChI=1S/C19H17F2NO2/c20-17(21)19(18(23)24-13-14-7-3-1-4-8-14)12-11-16(22-19)15-9-5-2-6-10-15/h1-10,17H,11-13H2. The second-order valence-corrected chi connectivity index (χ2v) is 5.71. The molecule has 0 saturated carbocycles. The summed E-state index contributed by atoms with van der Waals surface area (Å²) in [5, 5.41) is 0. The van der Waals surface area contributed by atoms with E-state index in [4.69, 9.17) is 4.74 Å². The Morgan fingerprint density at radius 1 is 1.08 bits per heavy atom. The highest BCUT2D eigenvalue weighted by atomic mass is 19.3. The molecular weight excluding hydrogens is 312 g/mol. The molecule has 0 bridgehead atoms. The van der Waals surface area contributed by atoms with Gasteiger partial charge in [0.1, 0.15) is 6.61 Å². The predicted octanol–water partition coefficient (Wildman–Crippen LogP) is 4.02. The van der Waals surface area contributed by atoms with Crippen molar-refractivity contribution in [3.63, 3.8) is 0 Å². The summed E-state index contributed by atoms with van der Waals surface area (Å²) in [5.41, 5.74) is -0.0658. The van der Waals surface area contributed by atoms with Gasteiger partial charge in [-0.05, 0) is 24.0 Å². The first-order valence-electron chi connectivity index (χ1n) is 7.75. The van der Waals surface area contributed by atoms with Gasteiger partial charge in [0, 0.05) is 5.71 Å². The molecule has 0 amide bonds. The van der Waals surface area contributed by atoms with Gasteiger partial charge in [-0.1, -0.05) is 60.7 Å². The van der Waals surface area contributed by atoms with Gasteiger partial charge in [0.2, 0.25) is 5.54 Å². The van der Waals surface area contributed by atoms with Gasteiger partial charge in [0.15, 0.2) is 0 Å². The number of hydrogen-bond donors (Lipinski definition) is 0. The zero-order chi connectivity index (χ0) is 17.0. The third kappa shape index (κ3) is 3.20. The number of nitrogens with zero attached hydrogens (tertiary/aromatic N) is 1. The highest BCUT2D eigenvalue weighted by Gasteiger charge is 2.51. The Kier molecular flexibility index (Phi) is 4.69. The van der Waals surface area contributed by atoms with E-state index in [0.717, 1.165) is 11.1 Å². The minimum absolute atomic E-state index is 0.0374. The Labute approximate surface area is 139 Å². The van der Waals surface area contributed by atoms with Crippen LogP contribution in [0, 0.1) is 0 Å². The van der Waals surface area contributed by atoms with Crippen molar-refractivity contribution >= 4 is 11.7 Å². The van der Waals surface area contributed by atoms with Crippen LogP contribution < -0.4 is 0 Å². The number of hydrogen-bond acceptors (Lipinski definition) is 3. The smallest absolute Gasteiger partial charge is 0.340 e. The minimum Gasteiger partial charge on any atom is -0.459 e. The fraction of sp³-hybridized carbons (Fsp3) is 0.263. The van der Waals surface area contributed by atoms with Crippen LogP contribution in [0.1, 0.15) is 24.0 Å². The zero-order valence-corrected chi connectivity index (χ0v) is 13.0. The highest BCUT2D eigenvalue weighted by Crippen LogP contribution is 2.35. The molecule has 1 atom stereocenters. The van der Waals surface area contributed by atoms with Crippen LogP contribution >= 0.6 is 0 Å². The van der Waals surface area contributed by atoms with Crippen LogP contribution in [0.15, 0.2) is 65.7 Å². The monoisotopic (exact) mass is 329 g/mol. The lowest BCUT2D eigenvalue weighted by Crippen LogP contribution is -2.43. The number of alkyl halides is 2. The molecule has 5 heteroatoms. The third-order valence-electron chi connectivity index (χ3n) is 4.11. The molecule has 1 unspecified atom stereocenters. The van der Waals surface area contributed by atoms with E-state index in [1.807, 2.05) is 24.3 Å². The Hall–Kier alpha value is -2.56. The van der Waals surface area contributed by atoms with Crippen molar-refractivity contribution in [1.29, 1.82) is 0 Å². The van der Waals surface area contributed by atoms with Gasteiger partial charge in [0.25, 0.3) is 6.43 Å². The Balaban J connectivity index is 1.79. The first kappa shape index (κ1) is 16.3. The number of carbonyl (C=O) groups excluding carboxylic acids is 1. The van der Waals surface area contributed by atoms with E-state index in [0.29, 0.717) is 12.1 Å². The van der Waals surface area contributed by atoms with Crippen LogP contribution in [0.3, 0.4) is 0 Å². The van der Waals surface area contributed by atoms with Crippen molar-refractivity contribution in [2.75, 3.05) is 0 Å². The van der Waals surface area contributed by atoms with Crippen LogP contribution in [0.25, 0.3) is 0 Å². The normalized spacial score (nSPS) is 20.0. The quantitative estimate of drug-likeness (QED) is 0.777. The summed E-state index contributed by atoms with van der Waals surface area (Å²) in [6, 6.07) is 18.0. The van der Waals surface area contributed by atoms with Crippen LogP contribution in [-0.4, -0.2) is 23.6 Å². The van der Waals surface area contributed by atoms with E-state index < -0.39 is 17.9 Å². The molecule has 0 spiro atoms. The van der Waals surface area contributed by atoms with Gasteiger partial charge in [-0.15, -0.1) is 0 Å². The van der Waals surface area contributed by atoms with Crippen LogP contribution in [-0.2, 0) is 16.1 Å².